The van der Waals surface area contributed by atoms with E-state index in [9.17, 15) is 4.79 Å². The standard InChI is InChI=1S/C17H35NO2/c1-14(2)12-18-15(19)17(6,7)10-8-9-11-20-13-16(3,4)5/h14H,8-13H2,1-7H3,(H,18,19). The minimum atomic E-state index is -0.279. The van der Waals surface area contributed by atoms with E-state index in [-0.39, 0.29) is 16.7 Å². The molecule has 0 bridgehead atoms. The van der Waals surface area contributed by atoms with E-state index >= 15 is 0 Å². The van der Waals surface area contributed by atoms with E-state index in [1.54, 1.807) is 0 Å². The number of carbonyl (C=O) groups is 1. The van der Waals surface area contributed by atoms with Crippen molar-refractivity contribution in [2.75, 3.05) is 19.8 Å². The summed E-state index contributed by atoms with van der Waals surface area (Å²) in [5.74, 6) is 0.669. The number of ether oxygens (including phenoxy) is 1. The van der Waals surface area contributed by atoms with Crippen molar-refractivity contribution < 1.29 is 9.53 Å². The van der Waals surface area contributed by atoms with Gasteiger partial charge in [-0.3, -0.25) is 4.79 Å². The van der Waals surface area contributed by atoms with E-state index in [1.165, 1.54) is 0 Å². The molecule has 1 amide bonds. The van der Waals surface area contributed by atoms with Crippen molar-refractivity contribution in [2.45, 2.75) is 67.7 Å². The van der Waals surface area contributed by atoms with Gasteiger partial charge in [-0.2, -0.15) is 0 Å². The number of rotatable bonds is 9. The largest absolute Gasteiger partial charge is 0.381 e. The number of nitrogens with one attached hydrogen (secondary N) is 1. The highest BCUT2D eigenvalue weighted by Gasteiger charge is 2.26. The summed E-state index contributed by atoms with van der Waals surface area (Å²) in [6, 6.07) is 0. The van der Waals surface area contributed by atoms with Crippen molar-refractivity contribution in [3.05, 3.63) is 0 Å². The fourth-order valence-corrected chi connectivity index (χ4v) is 1.80. The Labute approximate surface area is 125 Å². The van der Waals surface area contributed by atoms with Crippen molar-refractivity contribution in [2.24, 2.45) is 16.7 Å². The van der Waals surface area contributed by atoms with Gasteiger partial charge >= 0.3 is 0 Å². The zero-order valence-electron chi connectivity index (χ0n) is 14.6. The summed E-state index contributed by atoms with van der Waals surface area (Å²) in [7, 11) is 0. The van der Waals surface area contributed by atoms with E-state index in [2.05, 4.69) is 39.9 Å². The monoisotopic (exact) mass is 285 g/mol. The average molecular weight is 285 g/mol. The lowest BCUT2D eigenvalue weighted by Crippen LogP contribution is -2.38. The second-order valence-corrected chi connectivity index (χ2v) is 8.06. The predicted octanol–water partition coefficient (Wildman–Crippen LogP) is 4.02. The molecule has 0 aromatic rings. The van der Waals surface area contributed by atoms with Gasteiger partial charge in [-0.05, 0) is 24.2 Å². The molecule has 0 heterocycles. The van der Waals surface area contributed by atoms with E-state index in [0.717, 1.165) is 39.0 Å². The summed E-state index contributed by atoms with van der Waals surface area (Å²) in [6.07, 6.45) is 2.97. The number of carbonyl (C=O) groups excluding carboxylic acids is 1. The minimum Gasteiger partial charge on any atom is -0.381 e. The van der Waals surface area contributed by atoms with E-state index in [1.807, 2.05) is 13.8 Å². The highest BCUT2D eigenvalue weighted by Crippen LogP contribution is 2.23. The molecule has 0 saturated heterocycles. The molecule has 20 heavy (non-hydrogen) atoms. The Morgan fingerprint density at radius 2 is 1.70 bits per heavy atom. The molecular formula is C17H35NO2. The minimum absolute atomic E-state index is 0.168. The Morgan fingerprint density at radius 3 is 2.20 bits per heavy atom. The molecule has 3 nitrogen and oxygen atoms in total. The van der Waals surface area contributed by atoms with Crippen LogP contribution >= 0.6 is 0 Å². The lowest BCUT2D eigenvalue weighted by atomic mass is 9.86. The Bertz CT molecular complexity index is 277. The van der Waals surface area contributed by atoms with Crippen LogP contribution in [0.2, 0.25) is 0 Å². The van der Waals surface area contributed by atoms with Crippen LogP contribution in [0.5, 0.6) is 0 Å². The van der Waals surface area contributed by atoms with Gasteiger partial charge in [0.2, 0.25) is 5.91 Å². The third-order valence-electron chi connectivity index (χ3n) is 3.16. The fourth-order valence-electron chi connectivity index (χ4n) is 1.80. The molecule has 0 saturated carbocycles. The predicted molar refractivity (Wildman–Crippen MR) is 85.8 cm³/mol. The van der Waals surface area contributed by atoms with Gasteiger partial charge in [0.25, 0.3) is 0 Å². The summed E-state index contributed by atoms with van der Waals surface area (Å²) in [4.78, 5) is 12.1. The molecule has 0 radical (unpaired) electrons. The first kappa shape index (κ1) is 19.4. The van der Waals surface area contributed by atoms with E-state index < -0.39 is 0 Å². The second-order valence-electron chi connectivity index (χ2n) is 8.06. The Balaban J connectivity index is 3.79. The van der Waals surface area contributed by atoms with Crippen molar-refractivity contribution >= 4 is 5.91 Å². The Hall–Kier alpha value is -0.570. The second kappa shape index (κ2) is 8.66. The number of unbranched alkanes of at least 4 members (excludes halogenated alkanes) is 1. The quantitative estimate of drug-likeness (QED) is 0.650. The molecule has 3 heteroatoms. The molecule has 0 aromatic heterocycles. The van der Waals surface area contributed by atoms with Gasteiger partial charge in [0.15, 0.2) is 0 Å². The Morgan fingerprint density at radius 1 is 1.10 bits per heavy atom. The summed E-state index contributed by atoms with van der Waals surface area (Å²) >= 11 is 0. The lowest BCUT2D eigenvalue weighted by Gasteiger charge is -2.24. The molecule has 0 spiro atoms. The first-order valence-corrected chi connectivity index (χ1v) is 7.91. The summed E-state index contributed by atoms with van der Waals surface area (Å²) in [5, 5.41) is 3.02. The molecule has 0 fully saturated rings. The molecule has 1 N–H and O–H groups in total. The zero-order chi connectivity index (χ0) is 15.8. The maximum atomic E-state index is 12.1. The van der Waals surface area contributed by atoms with Crippen LogP contribution < -0.4 is 5.32 Å². The van der Waals surface area contributed by atoms with Crippen LogP contribution in [0.25, 0.3) is 0 Å². The van der Waals surface area contributed by atoms with Crippen molar-refractivity contribution in [1.29, 1.82) is 0 Å². The first-order valence-electron chi connectivity index (χ1n) is 7.91. The molecule has 0 atom stereocenters. The van der Waals surface area contributed by atoms with Crippen LogP contribution in [-0.4, -0.2) is 25.7 Å². The zero-order valence-corrected chi connectivity index (χ0v) is 14.6. The van der Waals surface area contributed by atoms with Crippen molar-refractivity contribution in [1.82, 2.24) is 5.32 Å². The number of hydrogen-bond acceptors (Lipinski definition) is 2. The van der Waals surface area contributed by atoms with Crippen LogP contribution in [0.15, 0.2) is 0 Å². The molecule has 120 valence electrons. The van der Waals surface area contributed by atoms with Gasteiger partial charge in [-0.1, -0.05) is 54.9 Å². The van der Waals surface area contributed by atoms with Gasteiger partial charge in [-0.15, -0.1) is 0 Å². The van der Waals surface area contributed by atoms with Gasteiger partial charge in [0.1, 0.15) is 0 Å². The normalized spacial score (nSPS) is 12.8. The van der Waals surface area contributed by atoms with Crippen molar-refractivity contribution in [3.8, 4) is 0 Å². The third-order valence-corrected chi connectivity index (χ3v) is 3.16. The average Bonchev–Trinajstić information content (AvgIpc) is 2.28. The summed E-state index contributed by atoms with van der Waals surface area (Å²) < 4.78 is 5.65. The van der Waals surface area contributed by atoms with E-state index in [4.69, 9.17) is 4.74 Å². The highest BCUT2D eigenvalue weighted by atomic mass is 16.5. The topological polar surface area (TPSA) is 38.3 Å². The summed E-state index contributed by atoms with van der Waals surface area (Å²) in [5.41, 5.74) is -0.0467. The maximum Gasteiger partial charge on any atom is 0.225 e. The first-order chi connectivity index (χ1) is 9.04. The summed E-state index contributed by atoms with van der Waals surface area (Å²) in [6.45, 7) is 17.2. The molecule has 0 aliphatic heterocycles. The van der Waals surface area contributed by atoms with Crippen LogP contribution in [-0.2, 0) is 9.53 Å². The third kappa shape index (κ3) is 10.2. The smallest absolute Gasteiger partial charge is 0.225 e. The Kier molecular flexibility index (Phi) is 8.41. The van der Waals surface area contributed by atoms with E-state index in [0.29, 0.717) is 5.92 Å². The molecule has 0 unspecified atom stereocenters. The molecule has 0 aliphatic carbocycles. The van der Waals surface area contributed by atoms with Crippen LogP contribution in [0.3, 0.4) is 0 Å². The SMILES string of the molecule is CC(C)CNC(=O)C(C)(C)CCCCOCC(C)(C)C. The van der Waals surface area contributed by atoms with Gasteiger partial charge < -0.3 is 10.1 Å². The lowest BCUT2D eigenvalue weighted by molar-refractivity contribution is -0.129. The molecule has 0 rings (SSSR count). The maximum absolute atomic E-state index is 12.1. The van der Waals surface area contributed by atoms with Gasteiger partial charge in [0, 0.05) is 18.6 Å². The highest BCUT2D eigenvalue weighted by molar-refractivity contribution is 5.81. The van der Waals surface area contributed by atoms with Crippen LogP contribution in [0.1, 0.15) is 67.7 Å². The van der Waals surface area contributed by atoms with Crippen LogP contribution in [0.4, 0.5) is 0 Å². The number of amides is 1. The molecular weight excluding hydrogens is 250 g/mol. The van der Waals surface area contributed by atoms with Gasteiger partial charge in [0.05, 0.1) is 6.61 Å². The van der Waals surface area contributed by atoms with Crippen molar-refractivity contribution in [3.63, 3.8) is 0 Å². The molecule has 0 aliphatic rings. The van der Waals surface area contributed by atoms with Crippen LogP contribution in [0, 0.1) is 16.7 Å². The number of hydrogen-bond donors (Lipinski definition) is 1. The molecule has 0 aromatic carbocycles. The van der Waals surface area contributed by atoms with Gasteiger partial charge in [-0.25, -0.2) is 0 Å². The fraction of sp³-hybridized carbons (Fsp3) is 0.941.